The standard InChI is InChI=1S/C25H42O3/c1-5-19-18-9-7-11-25(14-18,22(2,3)28)15-20(19)23(4)12-17-8-6-10-24(13-17,16-23)21(26)27/h17-20,28H,5-16H2,1-4H3,(H,26,27). The number of hydrogen-bond acceptors (Lipinski definition) is 2. The Morgan fingerprint density at radius 3 is 2.43 bits per heavy atom. The molecule has 4 aliphatic carbocycles. The molecular weight excluding hydrogens is 348 g/mol. The molecule has 0 radical (unpaired) electrons. The van der Waals surface area contributed by atoms with Crippen molar-refractivity contribution < 1.29 is 15.0 Å². The maximum absolute atomic E-state index is 12.4. The fourth-order valence-corrected chi connectivity index (χ4v) is 8.92. The molecule has 0 aliphatic heterocycles. The zero-order valence-corrected chi connectivity index (χ0v) is 18.6. The van der Waals surface area contributed by atoms with E-state index in [-0.39, 0.29) is 10.8 Å². The maximum atomic E-state index is 12.4. The molecule has 3 nitrogen and oxygen atoms in total. The number of carbonyl (C=O) groups is 1. The molecule has 0 saturated heterocycles. The molecule has 3 heteroatoms. The van der Waals surface area contributed by atoms with Gasteiger partial charge in [0.1, 0.15) is 0 Å². The molecular formula is C25H42O3. The molecule has 0 aromatic carbocycles. The quantitative estimate of drug-likeness (QED) is 0.615. The predicted molar refractivity (Wildman–Crippen MR) is 112 cm³/mol. The number of hydrogen-bond donors (Lipinski definition) is 2. The first kappa shape index (κ1) is 20.7. The molecule has 7 atom stereocenters. The third-order valence-corrected chi connectivity index (χ3v) is 10.2. The summed E-state index contributed by atoms with van der Waals surface area (Å²) >= 11 is 0. The van der Waals surface area contributed by atoms with Crippen molar-refractivity contribution in [2.45, 2.75) is 110 Å². The summed E-state index contributed by atoms with van der Waals surface area (Å²) in [6.07, 6.45) is 13.3. The summed E-state index contributed by atoms with van der Waals surface area (Å²) in [7, 11) is 0. The van der Waals surface area contributed by atoms with Gasteiger partial charge in [-0.1, -0.05) is 46.0 Å². The highest BCUT2D eigenvalue weighted by molar-refractivity contribution is 5.75. The molecule has 7 unspecified atom stereocenters. The van der Waals surface area contributed by atoms with Crippen molar-refractivity contribution >= 4 is 5.97 Å². The topological polar surface area (TPSA) is 57.5 Å². The smallest absolute Gasteiger partial charge is 0.309 e. The number of aliphatic hydroxyl groups is 1. The van der Waals surface area contributed by atoms with E-state index in [1.54, 1.807) is 0 Å². The van der Waals surface area contributed by atoms with Gasteiger partial charge in [0.15, 0.2) is 0 Å². The molecule has 0 heterocycles. The Hall–Kier alpha value is -0.570. The average molecular weight is 391 g/mol. The predicted octanol–water partition coefficient (Wildman–Crippen LogP) is 6.04. The summed E-state index contributed by atoms with van der Waals surface area (Å²) < 4.78 is 0. The van der Waals surface area contributed by atoms with Gasteiger partial charge in [-0.25, -0.2) is 0 Å². The maximum Gasteiger partial charge on any atom is 0.309 e. The monoisotopic (exact) mass is 390 g/mol. The van der Waals surface area contributed by atoms with E-state index in [1.807, 2.05) is 13.8 Å². The third kappa shape index (κ3) is 3.06. The van der Waals surface area contributed by atoms with Gasteiger partial charge in [-0.2, -0.15) is 0 Å². The van der Waals surface area contributed by atoms with Crippen LogP contribution in [-0.4, -0.2) is 21.8 Å². The molecule has 0 spiro atoms. The van der Waals surface area contributed by atoms with Gasteiger partial charge >= 0.3 is 5.97 Å². The molecule has 0 aromatic heterocycles. The van der Waals surface area contributed by atoms with Crippen LogP contribution in [0.4, 0.5) is 0 Å². The van der Waals surface area contributed by atoms with Gasteiger partial charge in [0.25, 0.3) is 0 Å². The molecule has 4 aliphatic rings. The van der Waals surface area contributed by atoms with E-state index in [4.69, 9.17) is 0 Å². The largest absolute Gasteiger partial charge is 0.481 e. The second-order valence-corrected chi connectivity index (χ2v) is 12.2. The van der Waals surface area contributed by atoms with Gasteiger partial charge in [-0.15, -0.1) is 0 Å². The van der Waals surface area contributed by atoms with E-state index in [0.29, 0.717) is 23.7 Å². The zero-order chi connectivity index (χ0) is 20.4. The minimum absolute atomic E-state index is 0.0260. The van der Waals surface area contributed by atoms with Crippen LogP contribution < -0.4 is 0 Å². The minimum Gasteiger partial charge on any atom is -0.481 e. The number of aliphatic carboxylic acids is 1. The van der Waals surface area contributed by atoms with E-state index in [9.17, 15) is 15.0 Å². The Bertz CT molecular complexity index is 622. The minimum atomic E-state index is -0.645. The van der Waals surface area contributed by atoms with Gasteiger partial charge in [-0.3, -0.25) is 4.79 Å². The highest BCUT2D eigenvalue weighted by Gasteiger charge is 2.61. The van der Waals surface area contributed by atoms with Crippen molar-refractivity contribution in [2.75, 3.05) is 0 Å². The lowest BCUT2D eigenvalue weighted by Crippen LogP contribution is -2.58. The Morgan fingerprint density at radius 1 is 1.07 bits per heavy atom. The fourth-order valence-electron chi connectivity index (χ4n) is 8.92. The zero-order valence-electron chi connectivity index (χ0n) is 18.6. The van der Waals surface area contributed by atoms with Crippen LogP contribution in [-0.2, 0) is 4.79 Å². The molecule has 4 bridgehead atoms. The first-order valence-corrected chi connectivity index (χ1v) is 12.0. The van der Waals surface area contributed by atoms with Crippen LogP contribution in [0.5, 0.6) is 0 Å². The van der Waals surface area contributed by atoms with Crippen LogP contribution in [0, 0.1) is 39.9 Å². The molecule has 0 amide bonds. The van der Waals surface area contributed by atoms with Crippen LogP contribution in [0.25, 0.3) is 0 Å². The Kier molecular flexibility index (Phi) is 4.97. The molecule has 2 N–H and O–H groups in total. The molecule has 4 saturated carbocycles. The van der Waals surface area contributed by atoms with E-state index in [2.05, 4.69) is 13.8 Å². The van der Waals surface area contributed by atoms with Gasteiger partial charge in [0.2, 0.25) is 0 Å². The summed E-state index contributed by atoms with van der Waals surface area (Å²) in [6, 6.07) is 0. The summed E-state index contributed by atoms with van der Waals surface area (Å²) in [6.45, 7) is 8.86. The van der Waals surface area contributed by atoms with Crippen molar-refractivity contribution in [3.8, 4) is 0 Å². The number of carboxylic acid groups (broad SMARTS) is 1. The van der Waals surface area contributed by atoms with Gasteiger partial charge in [0, 0.05) is 0 Å². The van der Waals surface area contributed by atoms with E-state index >= 15 is 0 Å². The second-order valence-electron chi connectivity index (χ2n) is 12.2. The summed E-state index contributed by atoms with van der Waals surface area (Å²) in [5, 5.41) is 21.4. The van der Waals surface area contributed by atoms with Crippen molar-refractivity contribution in [2.24, 2.45) is 39.9 Å². The summed E-state index contributed by atoms with van der Waals surface area (Å²) in [4.78, 5) is 12.4. The van der Waals surface area contributed by atoms with E-state index in [1.165, 1.54) is 38.5 Å². The number of rotatable bonds is 4. The molecule has 160 valence electrons. The first-order chi connectivity index (χ1) is 13.0. The average Bonchev–Trinajstić information content (AvgIpc) is 2.60. The molecule has 4 rings (SSSR count). The number of fused-ring (bicyclic) bond motifs is 4. The Morgan fingerprint density at radius 2 is 1.79 bits per heavy atom. The third-order valence-electron chi connectivity index (χ3n) is 10.2. The van der Waals surface area contributed by atoms with Crippen molar-refractivity contribution in [3.63, 3.8) is 0 Å². The molecule has 28 heavy (non-hydrogen) atoms. The van der Waals surface area contributed by atoms with Gasteiger partial charge < -0.3 is 10.2 Å². The van der Waals surface area contributed by atoms with Crippen LogP contribution in [0.15, 0.2) is 0 Å². The van der Waals surface area contributed by atoms with Crippen LogP contribution in [0.3, 0.4) is 0 Å². The highest BCUT2D eigenvalue weighted by Crippen LogP contribution is 2.67. The van der Waals surface area contributed by atoms with Gasteiger partial charge in [0.05, 0.1) is 11.0 Å². The van der Waals surface area contributed by atoms with Crippen molar-refractivity contribution in [3.05, 3.63) is 0 Å². The van der Waals surface area contributed by atoms with Crippen molar-refractivity contribution in [1.29, 1.82) is 0 Å². The lowest BCUT2D eigenvalue weighted by Gasteiger charge is -2.63. The highest BCUT2D eigenvalue weighted by atomic mass is 16.4. The second kappa shape index (κ2) is 6.72. The Balaban J connectivity index is 1.72. The van der Waals surface area contributed by atoms with Crippen molar-refractivity contribution in [1.82, 2.24) is 0 Å². The molecule has 0 aromatic rings. The van der Waals surface area contributed by atoms with E-state index < -0.39 is 17.0 Å². The SMILES string of the molecule is CCC1C2CCCC(C(C)(C)O)(C2)CC1C1(C)CC2CCCC(C(=O)O)(C2)C1. The summed E-state index contributed by atoms with van der Waals surface area (Å²) in [5.41, 5.74) is -0.996. The van der Waals surface area contributed by atoms with E-state index in [0.717, 1.165) is 38.5 Å². The van der Waals surface area contributed by atoms with Crippen LogP contribution in [0.2, 0.25) is 0 Å². The lowest BCUT2D eigenvalue weighted by atomic mass is 9.42. The van der Waals surface area contributed by atoms with Crippen LogP contribution >= 0.6 is 0 Å². The van der Waals surface area contributed by atoms with Gasteiger partial charge in [-0.05, 0) is 93.3 Å². The lowest BCUT2D eigenvalue weighted by molar-refractivity contribution is -0.182. The normalized spacial score (nSPS) is 48.9. The number of carboxylic acids is 1. The Labute approximate surface area is 171 Å². The first-order valence-electron chi connectivity index (χ1n) is 12.0. The molecule has 4 fully saturated rings. The fraction of sp³-hybridized carbons (Fsp3) is 0.960. The van der Waals surface area contributed by atoms with Crippen LogP contribution in [0.1, 0.15) is 105 Å². The summed E-state index contributed by atoms with van der Waals surface area (Å²) in [5.74, 6) is 2.02.